The molecule has 2 heterocycles. The number of hydrogen-bond acceptors (Lipinski definition) is 3. The van der Waals surface area contributed by atoms with Gasteiger partial charge in [-0.3, -0.25) is 4.79 Å². The highest BCUT2D eigenvalue weighted by Crippen LogP contribution is 2.37. The van der Waals surface area contributed by atoms with Gasteiger partial charge in [0, 0.05) is 16.2 Å². The Hall–Kier alpha value is -2.34. The lowest BCUT2D eigenvalue weighted by Gasteiger charge is -2.26. The number of amides is 1. The first-order valence-corrected chi connectivity index (χ1v) is 8.36. The maximum atomic E-state index is 13.9. The van der Waals surface area contributed by atoms with E-state index >= 15 is 0 Å². The van der Waals surface area contributed by atoms with Crippen LogP contribution in [-0.2, 0) is 0 Å². The average Bonchev–Trinajstić information content (AvgIpc) is 3.03. The van der Waals surface area contributed by atoms with Crippen molar-refractivity contribution in [1.29, 1.82) is 0 Å². The molecule has 6 heteroatoms. The molecule has 0 saturated carbocycles. The molecule has 0 radical (unpaired) electrons. The van der Waals surface area contributed by atoms with Crippen molar-refractivity contribution in [3.63, 3.8) is 0 Å². The summed E-state index contributed by atoms with van der Waals surface area (Å²) < 4.78 is 13.9. The molecule has 1 aromatic heterocycles. The van der Waals surface area contributed by atoms with Crippen LogP contribution in [-0.4, -0.2) is 21.6 Å². The second-order valence-electron chi connectivity index (χ2n) is 5.46. The van der Waals surface area contributed by atoms with Gasteiger partial charge in [0.1, 0.15) is 5.82 Å². The lowest BCUT2D eigenvalue weighted by Crippen LogP contribution is -2.30. The molecule has 1 atom stereocenters. The van der Waals surface area contributed by atoms with E-state index in [1.54, 1.807) is 24.5 Å². The quantitative estimate of drug-likeness (QED) is 0.755. The standard InChI is InChI=1S/C17H14FN3OS/c18-12-3-1-2-11-13(6-7-23-16(11)12)21-17(22)10-4-5-14-15(8-10)20-9-19-14/h1-5,8-9,13H,6-7H2,(H,19,20)(H,21,22). The maximum absolute atomic E-state index is 13.9. The molecule has 0 fully saturated rings. The SMILES string of the molecule is O=C(NC1CCSc2c(F)cccc21)c1ccc2nc[nH]c2c1. The van der Waals surface area contributed by atoms with E-state index in [9.17, 15) is 9.18 Å². The first-order chi connectivity index (χ1) is 11.2. The third-order valence-electron chi connectivity index (χ3n) is 4.01. The highest BCUT2D eigenvalue weighted by Gasteiger charge is 2.24. The zero-order valence-electron chi connectivity index (χ0n) is 12.2. The second-order valence-corrected chi connectivity index (χ2v) is 6.56. The van der Waals surface area contributed by atoms with E-state index in [1.165, 1.54) is 17.8 Å². The van der Waals surface area contributed by atoms with Crippen LogP contribution in [0.1, 0.15) is 28.4 Å². The van der Waals surface area contributed by atoms with Gasteiger partial charge >= 0.3 is 0 Å². The smallest absolute Gasteiger partial charge is 0.251 e. The molecule has 0 aliphatic carbocycles. The first-order valence-electron chi connectivity index (χ1n) is 7.37. The number of hydrogen-bond donors (Lipinski definition) is 2. The topological polar surface area (TPSA) is 57.8 Å². The van der Waals surface area contributed by atoms with Gasteiger partial charge < -0.3 is 10.3 Å². The molecule has 0 saturated heterocycles. The van der Waals surface area contributed by atoms with E-state index in [-0.39, 0.29) is 17.8 Å². The Kier molecular flexibility index (Phi) is 3.53. The Labute approximate surface area is 136 Å². The number of carbonyl (C=O) groups excluding carboxylic acids is 1. The van der Waals surface area contributed by atoms with Crippen molar-refractivity contribution in [3.8, 4) is 0 Å². The van der Waals surface area contributed by atoms with E-state index in [2.05, 4.69) is 15.3 Å². The molecule has 0 bridgehead atoms. The van der Waals surface area contributed by atoms with Crippen molar-refractivity contribution in [2.75, 3.05) is 5.75 Å². The third kappa shape index (κ3) is 2.59. The molecule has 2 aromatic carbocycles. The number of halogens is 1. The number of aromatic amines is 1. The van der Waals surface area contributed by atoms with E-state index in [4.69, 9.17) is 0 Å². The molecule has 116 valence electrons. The summed E-state index contributed by atoms with van der Waals surface area (Å²) in [6.45, 7) is 0. The fourth-order valence-corrected chi connectivity index (χ4v) is 4.00. The van der Waals surface area contributed by atoms with E-state index < -0.39 is 0 Å². The fraction of sp³-hybridized carbons (Fsp3) is 0.176. The van der Waals surface area contributed by atoms with E-state index in [1.807, 2.05) is 12.1 Å². The van der Waals surface area contributed by atoms with Crippen molar-refractivity contribution in [1.82, 2.24) is 15.3 Å². The van der Waals surface area contributed by atoms with Gasteiger partial charge in [0.25, 0.3) is 5.91 Å². The molecule has 1 aliphatic rings. The highest BCUT2D eigenvalue weighted by atomic mass is 32.2. The average molecular weight is 327 g/mol. The number of aromatic nitrogens is 2. The van der Waals surface area contributed by atoms with Crippen LogP contribution in [0.4, 0.5) is 4.39 Å². The Morgan fingerprint density at radius 1 is 1.35 bits per heavy atom. The number of nitrogens with one attached hydrogen (secondary N) is 2. The molecular weight excluding hydrogens is 313 g/mol. The monoisotopic (exact) mass is 327 g/mol. The summed E-state index contributed by atoms with van der Waals surface area (Å²) in [5, 5.41) is 3.02. The minimum absolute atomic E-state index is 0.159. The van der Waals surface area contributed by atoms with Crippen LogP contribution >= 0.6 is 11.8 Å². The second kappa shape index (κ2) is 5.70. The van der Waals surface area contributed by atoms with Gasteiger partial charge in [0.15, 0.2) is 0 Å². The van der Waals surface area contributed by atoms with E-state index in [0.717, 1.165) is 28.8 Å². The summed E-state index contributed by atoms with van der Waals surface area (Å²) in [5.41, 5.74) is 3.07. The Bertz CT molecular complexity index is 892. The number of carbonyl (C=O) groups is 1. The molecule has 1 aliphatic heterocycles. The van der Waals surface area contributed by atoms with Gasteiger partial charge in [-0.25, -0.2) is 9.37 Å². The molecule has 0 spiro atoms. The normalized spacial score (nSPS) is 17.0. The summed E-state index contributed by atoms with van der Waals surface area (Å²) >= 11 is 1.51. The summed E-state index contributed by atoms with van der Waals surface area (Å²) in [5.74, 6) is 0.414. The molecule has 2 N–H and O–H groups in total. The van der Waals surface area contributed by atoms with Crippen molar-refractivity contribution in [2.24, 2.45) is 0 Å². The predicted molar refractivity (Wildman–Crippen MR) is 88.0 cm³/mol. The number of nitrogens with zero attached hydrogens (tertiary/aromatic N) is 1. The lowest BCUT2D eigenvalue weighted by molar-refractivity contribution is 0.0935. The van der Waals surface area contributed by atoms with Crippen LogP contribution in [0, 0.1) is 5.82 Å². The van der Waals surface area contributed by atoms with Crippen molar-refractivity contribution < 1.29 is 9.18 Å². The fourth-order valence-electron chi connectivity index (χ4n) is 2.85. The lowest BCUT2D eigenvalue weighted by atomic mass is 10.0. The van der Waals surface area contributed by atoms with E-state index in [0.29, 0.717) is 10.5 Å². The summed E-state index contributed by atoms with van der Waals surface area (Å²) in [6, 6.07) is 10.2. The van der Waals surface area contributed by atoms with Crippen LogP contribution < -0.4 is 5.32 Å². The Morgan fingerprint density at radius 3 is 3.17 bits per heavy atom. The van der Waals surface area contributed by atoms with Gasteiger partial charge in [0.2, 0.25) is 0 Å². The molecule has 1 amide bonds. The Morgan fingerprint density at radius 2 is 2.26 bits per heavy atom. The molecule has 4 rings (SSSR count). The minimum Gasteiger partial charge on any atom is -0.345 e. The largest absolute Gasteiger partial charge is 0.345 e. The van der Waals surface area contributed by atoms with Crippen molar-refractivity contribution in [3.05, 3.63) is 59.7 Å². The van der Waals surface area contributed by atoms with Crippen LogP contribution in [0.15, 0.2) is 47.6 Å². The number of fused-ring (bicyclic) bond motifs is 2. The number of benzene rings is 2. The molecule has 3 aromatic rings. The highest BCUT2D eigenvalue weighted by molar-refractivity contribution is 7.99. The van der Waals surface area contributed by atoms with Crippen LogP contribution in [0.25, 0.3) is 11.0 Å². The minimum atomic E-state index is -0.217. The number of H-pyrrole nitrogens is 1. The number of imidazole rings is 1. The summed E-state index contributed by atoms with van der Waals surface area (Å²) in [6.07, 6.45) is 2.39. The van der Waals surface area contributed by atoms with Gasteiger partial charge in [-0.05, 0) is 36.2 Å². The number of rotatable bonds is 2. The predicted octanol–water partition coefficient (Wildman–Crippen LogP) is 3.67. The summed E-state index contributed by atoms with van der Waals surface area (Å²) in [7, 11) is 0. The van der Waals surface area contributed by atoms with Gasteiger partial charge in [-0.15, -0.1) is 11.8 Å². The van der Waals surface area contributed by atoms with Crippen LogP contribution in [0.3, 0.4) is 0 Å². The zero-order chi connectivity index (χ0) is 15.8. The first kappa shape index (κ1) is 14.3. The van der Waals surface area contributed by atoms with Crippen molar-refractivity contribution in [2.45, 2.75) is 17.4 Å². The van der Waals surface area contributed by atoms with Gasteiger partial charge in [0.05, 0.1) is 23.4 Å². The molecule has 1 unspecified atom stereocenters. The summed E-state index contributed by atoms with van der Waals surface area (Å²) in [4.78, 5) is 20.3. The third-order valence-corrected chi connectivity index (χ3v) is 5.17. The maximum Gasteiger partial charge on any atom is 0.251 e. The zero-order valence-corrected chi connectivity index (χ0v) is 13.0. The van der Waals surface area contributed by atoms with Crippen LogP contribution in [0.5, 0.6) is 0 Å². The molecule has 4 nitrogen and oxygen atoms in total. The van der Waals surface area contributed by atoms with Gasteiger partial charge in [-0.1, -0.05) is 12.1 Å². The van der Waals surface area contributed by atoms with Gasteiger partial charge in [-0.2, -0.15) is 0 Å². The van der Waals surface area contributed by atoms with Crippen LogP contribution in [0.2, 0.25) is 0 Å². The Balaban J connectivity index is 1.61. The molecule has 23 heavy (non-hydrogen) atoms. The van der Waals surface area contributed by atoms with Crippen molar-refractivity contribution >= 4 is 28.7 Å². The molecular formula is C17H14FN3OS. The number of thioether (sulfide) groups is 1.